The van der Waals surface area contributed by atoms with Crippen LogP contribution in [0.2, 0.25) is 30.3 Å². The summed E-state index contributed by atoms with van der Waals surface area (Å²) in [5.74, 6) is -5.97. The summed E-state index contributed by atoms with van der Waals surface area (Å²) in [6.07, 6.45) is -9.74. The monoisotopic (exact) mass is 765 g/mol. The number of sulfone groups is 1. The molecule has 0 saturated heterocycles. The lowest BCUT2D eigenvalue weighted by atomic mass is 9.95. The molecule has 3 rings (SSSR count). The molecule has 3 aromatic rings. The van der Waals surface area contributed by atoms with E-state index in [0.29, 0.717) is 12.1 Å². The number of rotatable bonds is 7. The van der Waals surface area contributed by atoms with Gasteiger partial charge in [-0.15, -0.1) is 0 Å². The van der Waals surface area contributed by atoms with E-state index in [0.717, 1.165) is 18.4 Å². The SMILES string of the molecule is CS(=O)(=O)c1nc(Cl)c(Cl)c(NNC(=O)c2ccc(C(F)=CC(c3cc(Cl)c(Cl)c(Cl)c3)C(F)(F)F)cc2C(F)(F)F)c1Cl. The largest absolute Gasteiger partial charge is 0.417 e. The maximum absolute atomic E-state index is 15.1. The lowest BCUT2D eigenvalue weighted by Crippen LogP contribution is -2.31. The number of amides is 1. The van der Waals surface area contributed by atoms with E-state index in [1.54, 1.807) is 0 Å². The van der Waals surface area contributed by atoms with Crippen LogP contribution < -0.4 is 10.9 Å². The Morgan fingerprint density at radius 2 is 1.48 bits per heavy atom. The smallest absolute Gasteiger partial charge is 0.295 e. The predicted octanol–water partition coefficient (Wildman–Crippen LogP) is 9.84. The van der Waals surface area contributed by atoms with Gasteiger partial charge < -0.3 is 0 Å². The average molecular weight is 768 g/mol. The molecule has 238 valence electrons. The number of carbonyl (C=O) groups excluding carboxylic acids is 1. The number of benzene rings is 2. The molecule has 2 N–H and O–H groups in total. The second-order valence-corrected chi connectivity index (χ2v) is 12.9. The molecule has 1 unspecified atom stereocenters. The molecule has 0 fully saturated rings. The van der Waals surface area contributed by atoms with Gasteiger partial charge in [-0.05, 0) is 35.9 Å². The highest BCUT2D eigenvalue weighted by molar-refractivity contribution is 7.90. The Labute approximate surface area is 273 Å². The van der Waals surface area contributed by atoms with Crippen molar-refractivity contribution in [3.8, 4) is 0 Å². The van der Waals surface area contributed by atoms with Crippen LogP contribution in [0.25, 0.3) is 5.83 Å². The first-order chi connectivity index (χ1) is 20.0. The van der Waals surface area contributed by atoms with E-state index in [1.165, 1.54) is 0 Å². The topological polar surface area (TPSA) is 88.2 Å². The summed E-state index contributed by atoms with van der Waals surface area (Å²) in [5, 5.41) is -3.57. The van der Waals surface area contributed by atoms with Gasteiger partial charge in [-0.25, -0.2) is 17.8 Å². The van der Waals surface area contributed by atoms with Gasteiger partial charge >= 0.3 is 12.4 Å². The van der Waals surface area contributed by atoms with Crippen molar-refractivity contribution < 1.29 is 43.9 Å². The molecule has 6 nitrogen and oxygen atoms in total. The highest BCUT2D eigenvalue weighted by atomic mass is 35.5. The first-order valence-corrected chi connectivity index (χ1v) is 15.3. The van der Waals surface area contributed by atoms with Gasteiger partial charge in [0.15, 0.2) is 20.0 Å². The summed E-state index contributed by atoms with van der Waals surface area (Å²) >= 11 is 35.0. The first-order valence-electron chi connectivity index (χ1n) is 11.1. The Morgan fingerprint density at radius 3 is 1.98 bits per heavy atom. The Balaban J connectivity index is 2.03. The number of alkyl halides is 6. The number of hydrogen-bond acceptors (Lipinski definition) is 5. The Morgan fingerprint density at radius 1 is 0.909 bits per heavy atom. The summed E-state index contributed by atoms with van der Waals surface area (Å²) < 4.78 is 122. The molecule has 2 aromatic carbocycles. The summed E-state index contributed by atoms with van der Waals surface area (Å²) in [6.45, 7) is 0. The van der Waals surface area contributed by atoms with Gasteiger partial charge in [0.1, 0.15) is 21.8 Å². The first kappa shape index (κ1) is 36.3. The van der Waals surface area contributed by atoms with Crippen molar-refractivity contribution >= 4 is 96.9 Å². The molecule has 1 atom stereocenters. The van der Waals surface area contributed by atoms with E-state index in [1.807, 2.05) is 5.43 Å². The molecule has 0 spiro atoms. The quantitative estimate of drug-likeness (QED) is 0.108. The maximum Gasteiger partial charge on any atom is 0.417 e. The van der Waals surface area contributed by atoms with Crippen molar-refractivity contribution in [2.24, 2.45) is 0 Å². The standard InChI is InChI=1S/C24H12Cl6F7N3O3S/c1-44(42,43)22-18(29)19(17(28)20(30)38-22)39-40-21(41)10-3-2-8(4-12(10)24(35,36)37)15(31)7-11(23(32,33)34)9-5-13(25)16(27)14(26)6-9/h2-7,11H,1H3,(H,38,39)(H,40,41). The summed E-state index contributed by atoms with van der Waals surface area (Å²) in [4.78, 5) is 16.2. The normalized spacial score (nSPS) is 13.5. The Bertz CT molecular complexity index is 1760. The molecule has 0 saturated carbocycles. The number of allylic oxidation sites excluding steroid dienone is 1. The van der Waals surface area contributed by atoms with Crippen LogP contribution in [0.5, 0.6) is 0 Å². The van der Waals surface area contributed by atoms with Crippen molar-refractivity contribution in [1.29, 1.82) is 0 Å². The maximum atomic E-state index is 15.1. The number of anilines is 1. The molecule has 20 heteroatoms. The molecule has 0 radical (unpaired) electrons. The fourth-order valence-electron chi connectivity index (χ4n) is 3.54. The van der Waals surface area contributed by atoms with Crippen molar-refractivity contribution in [2.45, 2.75) is 23.3 Å². The molecular formula is C24H12Cl6F7N3O3S. The zero-order valence-corrected chi connectivity index (χ0v) is 26.4. The minimum Gasteiger partial charge on any atom is -0.295 e. The van der Waals surface area contributed by atoms with E-state index in [9.17, 15) is 39.6 Å². The fourth-order valence-corrected chi connectivity index (χ4v) is 5.90. The number of nitrogens with zero attached hydrogens (tertiary/aromatic N) is 1. The molecule has 0 aliphatic carbocycles. The van der Waals surface area contributed by atoms with Crippen LogP contribution in [0.4, 0.5) is 36.4 Å². The number of pyridine rings is 1. The van der Waals surface area contributed by atoms with E-state index >= 15 is 4.39 Å². The van der Waals surface area contributed by atoms with Crippen molar-refractivity contribution in [3.05, 3.63) is 88.9 Å². The zero-order chi connectivity index (χ0) is 33.5. The van der Waals surface area contributed by atoms with E-state index < -0.39 is 88.0 Å². The van der Waals surface area contributed by atoms with Gasteiger partial charge in [-0.1, -0.05) is 75.7 Å². The van der Waals surface area contributed by atoms with Crippen LogP contribution in [0.3, 0.4) is 0 Å². The number of aromatic nitrogens is 1. The molecule has 0 aliphatic heterocycles. The van der Waals surface area contributed by atoms with Gasteiger partial charge in [-0.2, -0.15) is 26.3 Å². The van der Waals surface area contributed by atoms with Crippen LogP contribution in [-0.2, 0) is 16.0 Å². The number of halogens is 13. The highest BCUT2D eigenvalue weighted by Gasteiger charge is 2.41. The third-order valence-electron chi connectivity index (χ3n) is 5.54. The summed E-state index contributed by atoms with van der Waals surface area (Å²) in [5.41, 5.74) is -1.15. The molecule has 1 amide bonds. The Kier molecular flexibility index (Phi) is 10.9. The van der Waals surface area contributed by atoms with Crippen LogP contribution in [0.1, 0.15) is 33.0 Å². The van der Waals surface area contributed by atoms with Crippen molar-refractivity contribution in [2.75, 3.05) is 11.7 Å². The van der Waals surface area contributed by atoms with Crippen LogP contribution >= 0.6 is 69.6 Å². The Hall–Kier alpha value is -2.20. The van der Waals surface area contributed by atoms with Crippen LogP contribution in [0, 0.1) is 0 Å². The predicted molar refractivity (Wildman–Crippen MR) is 154 cm³/mol. The number of hydrazine groups is 1. The zero-order valence-electron chi connectivity index (χ0n) is 21.0. The molecule has 1 heterocycles. The third-order valence-corrected chi connectivity index (χ3v) is 8.95. The number of carbonyl (C=O) groups is 1. The summed E-state index contributed by atoms with van der Waals surface area (Å²) in [7, 11) is -4.08. The molecule has 0 bridgehead atoms. The van der Waals surface area contributed by atoms with Crippen molar-refractivity contribution in [3.63, 3.8) is 0 Å². The van der Waals surface area contributed by atoms with Crippen LogP contribution in [-0.4, -0.2) is 31.7 Å². The van der Waals surface area contributed by atoms with Gasteiger partial charge in [0.2, 0.25) is 0 Å². The molecule has 1 aromatic heterocycles. The average Bonchev–Trinajstić information content (AvgIpc) is 2.89. The minimum atomic E-state index is -5.32. The lowest BCUT2D eigenvalue weighted by molar-refractivity contribution is -0.140. The van der Waals surface area contributed by atoms with E-state index in [4.69, 9.17) is 69.6 Å². The van der Waals surface area contributed by atoms with E-state index in [2.05, 4.69) is 10.4 Å². The lowest BCUT2D eigenvalue weighted by Gasteiger charge is -2.19. The third kappa shape index (κ3) is 8.14. The van der Waals surface area contributed by atoms with Gasteiger partial charge in [-0.3, -0.25) is 15.6 Å². The second-order valence-electron chi connectivity index (χ2n) is 8.65. The van der Waals surface area contributed by atoms with Crippen molar-refractivity contribution in [1.82, 2.24) is 10.4 Å². The van der Waals surface area contributed by atoms with Crippen LogP contribution in [0.15, 0.2) is 41.4 Å². The van der Waals surface area contributed by atoms with Gasteiger partial charge in [0.05, 0.1) is 31.9 Å². The van der Waals surface area contributed by atoms with Gasteiger partial charge in [0.25, 0.3) is 5.91 Å². The number of hydrogen-bond donors (Lipinski definition) is 2. The van der Waals surface area contributed by atoms with Gasteiger partial charge in [0, 0.05) is 11.8 Å². The molecule has 0 aliphatic rings. The highest BCUT2D eigenvalue weighted by Crippen LogP contribution is 2.43. The van der Waals surface area contributed by atoms with E-state index in [-0.39, 0.29) is 27.2 Å². The molecular weight excluding hydrogens is 756 g/mol. The summed E-state index contributed by atoms with van der Waals surface area (Å²) in [6, 6.07) is 2.77. The molecule has 44 heavy (non-hydrogen) atoms. The minimum absolute atomic E-state index is 0.00320. The fraction of sp³-hybridized carbons (Fsp3) is 0.167. The second kappa shape index (κ2) is 13.3. The number of nitrogens with one attached hydrogen (secondary N) is 2.